The Morgan fingerprint density at radius 2 is 1.81 bits per heavy atom. The third-order valence-electron chi connectivity index (χ3n) is 5.82. The summed E-state index contributed by atoms with van der Waals surface area (Å²) in [4.78, 5) is 21.4. The molecular formula is C21H23F3N6OS. The number of nitrogens with zero attached hydrogens (tertiary/aromatic N) is 6. The molecule has 32 heavy (non-hydrogen) atoms. The van der Waals surface area contributed by atoms with Crippen molar-refractivity contribution in [2.75, 3.05) is 36.1 Å². The van der Waals surface area contributed by atoms with Gasteiger partial charge in [-0.2, -0.15) is 36.6 Å². The van der Waals surface area contributed by atoms with Crippen molar-refractivity contribution >= 4 is 36.3 Å². The fraction of sp³-hybridized carbons (Fsp3) is 0.429. The summed E-state index contributed by atoms with van der Waals surface area (Å²) in [5.41, 5.74) is -0.157. The van der Waals surface area contributed by atoms with Gasteiger partial charge < -0.3 is 14.5 Å². The summed E-state index contributed by atoms with van der Waals surface area (Å²) in [7, 11) is 0. The van der Waals surface area contributed by atoms with E-state index in [9.17, 15) is 13.2 Å². The lowest BCUT2D eigenvalue weighted by molar-refractivity contribution is -0.142. The highest BCUT2D eigenvalue weighted by Gasteiger charge is 2.41. The van der Waals surface area contributed by atoms with E-state index in [1.54, 1.807) is 18.3 Å². The van der Waals surface area contributed by atoms with Crippen LogP contribution in [0.4, 0.5) is 24.9 Å². The lowest BCUT2D eigenvalue weighted by Gasteiger charge is -2.43. The van der Waals surface area contributed by atoms with Crippen LogP contribution in [0.2, 0.25) is 0 Å². The zero-order chi connectivity index (χ0) is 21.6. The monoisotopic (exact) mass is 464 g/mol. The van der Waals surface area contributed by atoms with Crippen molar-refractivity contribution in [2.24, 2.45) is 0 Å². The molecule has 0 aromatic carbocycles. The number of fused-ring (bicyclic) bond motifs is 1. The summed E-state index contributed by atoms with van der Waals surface area (Å²) < 4.78 is 46.2. The number of rotatable bonds is 3. The highest BCUT2D eigenvalue weighted by atomic mass is 32.1. The van der Waals surface area contributed by atoms with Crippen molar-refractivity contribution in [3.8, 4) is 0 Å². The van der Waals surface area contributed by atoms with Gasteiger partial charge in [0.15, 0.2) is 5.65 Å². The fourth-order valence-electron chi connectivity index (χ4n) is 4.19. The Kier molecular flexibility index (Phi) is 6.13. The minimum atomic E-state index is -4.51. The van der Waals surface area contributed by atoms with E-state index in [0.29, 0.717) is 55.5 Å². The average molecular weight is 465 g/mol. The van der Waals surface area contributed by atoms with Gasteiger partial charge in [-0.15, -0.1) is 0 Å². The van der Waals surface area contributed by atoms with E-state index >= 15 is 0 Å². The molecule has 11 heteroatoms. The molecule has 2 fully saturated rings. The normalized spacial score (nSPS) is 21.2. The number of anilines is 2. The van der Waals surface area contributed by atoms with Crippen molar-refractivity contribution in [2.45, 2.75) is 31.6 Å². The Morgan fingerprint density at radius 1 is 1.03 bits per heavy atom. The van der Waals surface area contributed by atoms with Crippen molar-refractivity contribution in [3.05, 3.63) is 47.9 Å². The molecule has 2 saturated heterocycles. The Morgan fingerprint density at radius 3 is 2.53 bits per heavy atom. The lowest BCUT2D eigenvalue weighted by atomic mass is 9.93. The number of halogens is 3. The molecule has 2 aliphatic rings. The van der Waals surface area contributed by atoms with Crippen LogP contribution in [-0.2, 0) is 10.9 Å². The van der Waals surface area contributed by atoms with Crippen LogP contribution in [0.1, 0.15) is 30.6 Å². The van der Waals surface area contributed by atoms with Gasteiger partial charge in [0, 0.05) is 31.0 Å². The number of aromatic nitrogens is 4. The molecule has 5 heterocycles. The molecule has 2 atom stereocenters. The van der Waals surface area contributed by atoms with E-state index in [4.69, 9.17) is 9.72 Å². The van der Waals surface area contributed by atoms with Crippen LogP contribution in [0.5, 0.6) is 0 Å². The molecule has 0 saturated carbocycles. The van der Waals surface area contributed by atoms with Gasteiger partial charge in [-0.05, 0) is 31.5 Å². The van der Waals surface area contributed by atoms with Crippen LogP contribution >= 0.6 is 13.5 Å². The molecule has 3 aromatic rings. The van der Waals surface area contributed by atoms with Gasteiger partial charge in [0.05, 0.1) is 30.7 Å². The van der Waals surface area contributed by atoms with E-state index in [1.165, 1.54) is 12.3 Å². The van der Waals surface area contributed by atoms with Gasteiger partial charge in [0.25, 0.3) is 0 Å². The summed E-state index contributed by atoms with van der Waals surface area (Å²) in [6.07, 6.45) is -1.09. The van der Waals surface area contributed by atoms with Crippen molar-refractivity contribution < 1.29 is 17.9 Å². The van der Waals surface area contributed by atoms with E-state index in [0.717, 1.165) is 0 Å². The lowest BCUT2D eigenvalue weighted by Crippen LogP contribution is -2.46. The molecule has 0 amide bonds. The second-order valence-electron chi connectivity index (χ2n) is 7.78. The molecule has 170 valence electrons. The Hall–Kier alpha value is -2.66. The average Bonchev–Trinajstić information content (AvgIpc) is 2.73. The number of morpholine rings is 1. The summed E-state index contributed by atoms with van der Waals surface area (Å²) in [5.74, 6) is 1.12. The molecule has 5 rings (SSSR count). The Bertz CT molecular complexity index is 1110. The maximum atomic E-state index is 13.6. The van der Waals surface area contributed by atoms with Crippen LogP contribution < -0.4 is 9.80 Å². The molecule has 2 aliphatic heterocycles. The third kappa shape index (κ3) is 3.95. The van der Waals surface area contributed by atoms with E-state index < -0.39 is 17.9 Å². The number of ether oxygens (including phenoxy) is 1. The van der Waals surface area contributed by atoms with E-state index in [1.807, 2.05) is 17.9 Å². The number of hydrogen-bond donors (Lipinski definition) is 0. The van der Waals surface area contributed by atoms with Crippen LogP contribution in [0.25, 0.3) is 11.0 Å². The van der Waals surface area contributed by atoms with Gasteiger partial charge in [-0.1, -0.05) is 6.07 Å². The van der Waals surface area contributed by atoms with Crippen molar-refractivity contribution in [1.82, 2.24) is 19.9 Å². The molecular weight excluding hydrogens is 441 g/mol. The molecule has 0 radical (unpaired) electrons. The first-order valence-electron chi connectivity index (χ1n) is 10.2. The first-order chi connectivity index (χ1) is 14.9. The standard InChI is InChI=1S/C21H21F3N6O.H2S/c1-13-12-31-11-10-29(13)20-27-18-15(5-3-8-26-18)19(28-20)30-9-6-16(30)14-4-2-7-25-17(14)21(22,23)24;/h2-5,7-8,13,16H,6,9-12H2,1H3;1H2/t13-,16?;/m0./s1. The quantitative estimate of drug-likeness (QED) is 0.585. The van der Waals surface area contributed by atoms with Crippen LogP contribution in [-0.4, -0.2) is 52.3 Å². The topological polar surface area (TPSA) is 67.3 Å². The minimum Gasteiger partial charge on any atom is -0.377 e. The predicted octanol–water partition coefficient (Wildman–Crippen LogP) is 3.73. The first kappa shape index (κ1) is 22.5. The van der Waals surface area contributed by atoms with Gasteiger partial charge in [-0.3, -0.25) is 4.98 Å². The van der Waals surface area contributed by atoms with Gasteiger partial charge >= 0.3 is 6.18 Å². The third-order valence-corrected chi connectivity index (χ3v) is 5.82. The summed E-state index contributed by atoms with van der Waals surface area (Å²) in [6, 6.07) is 6.31. The first-order valence-corrected chi connectivity index (χ1v) is 10.2. The van der Waals surface area contributed by atoms with E-state index in [-0.39, 0.29) is 25.1 Å². The zero-order valence-electron chi connectivity index (χ0n) is 17.4. The second-order valence-corrected chi connectivity index (χ2v) is 7.78. The zero-order valence-corrected chi connectivity index (χ0v) is 18.4. The smallest absolute Gasteiger partial charge is 0.377 e. The minimum absolute atomic E-state index is 0. The van der Waals surface area contributed by atoms with Crippen molar-refractivity contribution in [1.29, 1.82) is 0 Å². The second kappa shape index (κ2) is 8.70. The van der Waals surface area contributed by atoms with Gasteiger partial charge in [-0.25, -0.2) is 4.98 Å². The molecule has 7 nitrogen and oxygen atoms in total. The molecule has 3 aromatic heterocycles. The summed E-state index contributed by atoms with van der Waals surface area (Å²) in [5, 5.41) is 0.717. The van der Waals surface area contributed by atoms with Gasteiger partial charge in [0.2, 0.25) is 5.95 Å². The Balaban J connectivity index is 0.00000245. The highest BCUT2D eigenvalue weighted by molar-refractivity contribution is 7.59. The summed E-state index contributed by atoms with van der Waals surface area (Å²) >= 11 is 0. The maximum Gasteiger partial charge on any atom is 0.433 e. The molecule has 0 bridgehead atoms. The van der Waals surface area contributed by atoms with E-state index in [2.05, 4.69) is 19.9 Å². The highest BCUT2D eigenvalue weighted by Crippen LogP contribution is 2.43. The van der Waals surface area contributed by atoms with Crippen LogP contribution in [0, 0.1) is 0 Å². The molecule has 1 unspecified atom stereocenters. The maximum absolute atomic E-state index is 13.6. The summed E-state index contributed by atoms with van der Waals surface area (Å²) in [6.45, 7) is 4.40. The SMILES string of the molecule is C[C@H]1COCCN1c1nc(N2CCC2c2cccnc2C(F)(F)F)c2cccnc2n1.S. The fourth-order valence-corrected chi connectivity index (χ4v) is 4.19. The van der Waals surface area contributed by atoms with Crippen molar-refractivity contribution in [3.63, 3.8) is 0 Å². The molecule has 0 spiro atoms. The van der Waals surface area contributed by atoms with Crippen LogP contribution in [0.3, 0.4) is 0 Å². The largest absolute Gasteiger partial charge is 0.433 e. The van der Waals surface area contributed by atoms with Crippen LogP contribution in [0.15, 0.2) is 36.7 Å². The Labute approximate surface area is 190 Å². The number of pyridine rings is 2. The molecule has 0 aliphatic carbocycles. The van der Waals surface area contributed by atoms with Gasteiger partial charge in [0.1, 0.15) is 11.5 Å². The number of alkyl halides is 3. The molecule has 0 N–H and O–H groups in total. The number of hydrogen-bond acceptors (Lipinski definition) is 7. The predicted molar refractivity (Wildman–Crippen MR) is 119 cm³/mol.